The van der Waals surface area contributed by atoms with Gasteiger partial charge in [0.15, 0.2) is 0 Å². The third-order valence-corrected chi connectivity index (χ3v) is 2.69. The van der Waals surface area contributed by atoms with Gasteiger partial charge in [-0.1, -0.05) is 52.3 Å². The number of alkyl halides is 1. The lowest BCUT2D eigenvalue weighted by Crippen LogP contribution is -1.88. The molecule has 14 heavy (non-hydrogen) atoms. The van der Waals surface area contributed by atoms with Crippen molar-refractivity contribution in [3.63, 3.8) is 0 Å². The van der Waals surface area contributed by atoms with Crippen molar-refractivity contribution in [2.45, 2.75) is 5.33 Å². The molecule has 0 atom stereocenters. The summed E-state index contributed by atoms with van der Waals surface area (Å²) in [6.07, 6.45) is 1.83. The van der Waals surface area contributed by atoms with E-state index in [1.165, 1.54) is 11.1 Å². The van der Waals surface area contributed by atoms with E-state index in [1.54, 1.807) is 0 Å². The lowest BCUT2D eigenvalue weighted by atomic mass is 10.1. The lowest BCUT2D eigenvalue weighted by molar-refractivity contribution is 1.26. The zero-order valence-corrected chi connectivity index (χ0v) is 9.24. The number of hydrogen-bond acceptors (Lipinski definition) is 1. The van der Waals surface area contributed by atoms with Gasteiger partial charge in [0.1, 0.15) is 0 Å². The molecule has 2 heteroatoms. The molecule has 0 aliphatic heterocycles. The van der Waals surface area contributed by atoms with Crippen molar-refractivity contribution in [1.29, 1.82) is 0 Å². The van der Waals surface area contributed by atoms with Crippen molar-refractivity contribution in [2.75, 3.05) is 0 Å². The smallest absolute Gasteiger partial charge is 0.0742 e. The van der Waals surface area contributed by atoms with E-state index in [-0.39, 0.29) is 0 Å². The van der Waals surface area contributed by atoms with E-state index in [0.717, 1.165) is 11.0 Å². The van der Waals surface area contributed by atoms with Crippen LogP contribution < -0.4 is 0 Å². The van der Waals surface area contributed by atoms with Crippen LogP contribution in [-0.2, 0) is 5.33 Å². The molecule has 0 N–H and O–H groups in total. The average molecular weight is 248 g/mol. The van der Waals surface area contributed by atoms with Gasteiger partial charge in [0, 0.05) is 17.1 Å². The summed E-state index contributed by atoms with van der Waals surface area (Å²) >= 11 is 3.47. The molecule has 0 saturated carbocycles. The highest BCUT2D eigenvalue weighted by molar-refractivity contribution is 9.08. The van der Waals surface area contributed by atoms with E-state index in [2.05, 4.69) is 39.1 Å². The summed E-state index contributed by atoms with van der Waals surface area (Å²) in [5.74, 6) is 0. The number of rotatable bonds is 2. The molecule has 0 bridgehead atoms. The Morgan fingerprint density at radius 3 is 2.50 bits per heavy atom. The van der Waals surface area contributed by atoms with Crippen LogP contribution in [0.5, 0.6) is 0 Å². The van der Waals surface area contributed by atoms with Gasteiger partial charge in [0.25, 0.3) is 0 Å². The number of pyridine rings is 1. The van der Waals surface area contributed by atoms with E-state index >= 15 is 0 Å². The fraction of sp³-hybridized carbons (Fsp3) is 0.0833. The van der Waals surface area contributed by atoms with E-state index in [0.29, 0.717) is 0 Å². The van der Waals surface area contributed by atoms with Crippen LogP contribution in [0.2, 0.25) is 0 Å². The fourth-order valence-electron chi connectivity index (χ4n) is 1.40. The molecule has 0 aliphatic rings. The van der Waals surface area contributed by atoms with Gasteiger partial charge in [-0.15, -0.1) is 0 Å². The summed E-state index contributed by atoms with van der Waals surface area (Å²) in [6.45, 7) is 0. The Kier molecular flexibility index (Phi) is 2.94. The molecule has 1 heterocycles. The summed E-state index contributed by atoms with van der Waals surface area (Å²) in [6, 6.07) is 14.3. The Hall–Kier alpha value is -1.15. The zero-order chi connectivity index (χ0) is 9.80. The SMILES string of the molecule is BrCc1cccnc1-c1ccccc1. The molecule has 1 aromatic carbocycles. The first-order valence-corrected chi connectivity index (χ1v) is 5.59. The first kappa shape index (κ1) is 9.41. The topological polar surface area (TPSA) is 12.9 Å². The summed E-state index contributed by atoms with van der Waals surface area (Å²) in [4.78, 5) is 4.39. The van der Waals surface area contributed by atoms with Crippen molar-refractivity contribution < 1.29 is 0 Å². The zero-order valence-electron chi connectivity index (χ0n) is 7.65. The summed E-state index contributed by atoms with van der Waals surface area (Å²) < 4.78 is 0. The van der Waals surface area contributed by atoms with Crippen LogP contribution in [0, 0.1) is 0 Å². The molecule has 0 spiro atoms. The van der Waals surface area contributed by atoms with Crippen LogP contribution in [-0.4, -0.2) is 4.98 Å². The van der Waals surface area contributed by atoms with Crippen LogP contribution >= 0.6 is 15.9 Å². The van der Waals surface area contributed by atoms with E-state index in [4.69, 9.17) is 0 Å². The van der Waals surface area contributed by atoms with Gasteiger partial charge in [-0.3, -0.25) is 4.98 Å². The van der Waals surface area contributed by atoms with Crippen LogP contribution in [0.15, 0.2) is 48.7 Å². The van der Waals surface area contributed by atoms with Crippen molar-refractivity contribution >= 4 is 15.9 Å². The minimum absolute atomic E-state index is 0.838. The minimum atomic E-state index is 0.838. The molecule has 0 aliphatic carbocycles. The quantitative estimate of drug-likeness (QED) is 0.739. The number of hydrogen-bond donors (Lipinski definition) is 0. The van der Waals surface area contributed by atoms with Gasteiger partial charge in [-0.25, -0.2) is 0 Å². The summed E-state index contributed by atoms with van der Waals surface area (Å²) in [7, 11) is 0. The Bertz CT molecular complexity index is 412. The molecule has 1 aromatic heterocycles. The second kappa shape index (κ2) is 4.38. The molecule has 70 valence electrons. The molecule has 2 rings (SSSR count). The molecule has 0 fully saturated rings. The Morgan fingerprint density at radius 1 is 1.00 bits per heavy atom. The second-order valence-corrected chi connectivity index (χ2v) is 3.57. The normalized spacial score (nSPS) is 10.1. The summed E-state index contributed by atoms with van der Waals surface area (Å²) in [5, 5.41) is 0.838. The molecule has 2 aromatic rings. The monoisotopic (exact) mass is 247 g/mol. The molecule has 0 unspecified atom stereocenters. The number of benzene rings is 1. The minimum Gasteiger partial charge on any atom is -0.256 e. The highest BCUT2D eigenvalue weighted by Gasteiger charge is 2.03. The van der Waals surface area contributed by atoms with Crippen molar-refractivity contribution in [3.8, 4) is 11.3 Å². The van der Waals surface area contributed by atoms with Gasteiger partial charge in [-0.05, 0) is 11.6 Å². The first-order chi connectivity index (χ1) is 6.92. The van der Waals surface area contributed by atoms with E-state index in [1.807, 2.05) is 30.5 Å². The van der Waals surface area contributed by atoms with Crippen molar-refractivity contribution in [3.05, 3.63) is 54.2 Å². The second-order valence-electron chi connectivity index (χ2n) is 3.01. The molecule has 0 radical (unpaired) electrons. The Labute approximate surface area is 91.9 Å². The number of nitrogens with zero attached hydrogens (tertiary/aromatic N) is 1. The molecule has 1 nitrogen and oxygen atoms in total. The molecule has 0 saturated heterocycles. The standard InChI is InChI=1S/C12H10BrN/c13-9-11-7-4-8-14-12(11)10-5-2-1-3-6-10/h1-8H,9H2. The fourth-order valence-corrected chi connectivity index (χ4v) is 1.85. The van der Waals surface area contributed by atoms with Crippen LogP contribution in [0.4, 0.5) is 0 Å². The highest BCUT2D eigenvalue weighted by atomic mass is 79.9. The third kappa shape index (κ3) is 1.85. The molecular formula is C12H10BrN. The molecule has 0 amide bonds. The van der Waals surface area contributed by atoms with Gasteiger partial charge in [-0.2, -0.15) is 0 Å². The van der Waals surface area contributed by atoms with Crippen molar-refractivity contribution in [1.82, 2.24) is 4.98 Å². The predicted octanol–water partition coefficient (Wildman–Crippen LogP) is 3.64. The third-order valence-electron chi connectivity index (χ3n) is 2.08. The van der Waals surface area contributed by atoms with Gasteiger partial charge in [0.05, 0.1) is 5.69 Å². The van der Waals surface area contributed by atoms with Gasteiger partial charge in [0.2, 0.25) is 0 Å². The molecular weight excluding hydrogens is 238 g/mol. The van der Waals surface area contributed by atoms with E-state index < -0.39 is 0 Å². The van der Waals surface area contributed by atoms with Crippen LogP contribution in [0.3, 0.4) is 0 Å². The Morgan fingerprint density at radius 2 is 1.79 bits per heavy atom. The number of halogens is 1. The van der Waals surface area contributed by atoms with Gasteiger partial charge < -0.3 is 0 Å². The predicted molar refractivity (Wildman–Crippen MR) is 62.3 cm³/mol. The van der Waals surface area contributed by atoms with Gasteiger partial charge >= 0.3 is 0 Å². The van der Waals surface area contributed by atoms with E-state index in [9.17, 15) is 0 Å². The first-order valence-electron chi connectivity index (χ1n) is 4.47. The maximum Gasteiger partial charge on any atom is 0.0742 e. The maximum atomic E-state index is 4.39. The van der Waals surface area contributed by atoms with Crippen LogP contribution in [0.25, 0.3) is 11.3 Å². The summed E-state index contributed by atoms with van der Waals surface area (Å²) in [5.41, 5.74) is 3.45. The largest absolute Gasteiger partial charge is 0.256 e. The van der Waals surface area contributed by atoms with Crippen LogP contribution in [0.1, 0.15) is 5.56 Å². The Balaban J connectivity index is 2.51. The highest BCUT2D eigenvalue weighted by Crippen LogP contribution is 2.22. The average Bonchev–Trinajstić information content (AvgIpc) is 2.30. The number of aromatic nitrogens is 1. The van der Waals surface area contributed by atoms with Crippen molar-refractivity contribution in [2.24, 2.45) is 0 Å². The lowest BCUT2D eigenvalue weighted by Gasteiger charge is -2.04. The maximum absolute atomic E-state index is 4.39.